The number of nitrogens with zero attached hydrogens (tertiary/aromatic N) is 2. The number of ketones is 1. The second-order valence-electron chi connectivity index (χ2n) is 9.87. The number of hydrogen-bond donors (Lipinski definition) is 2. The molecule has 1 aliphatic heterocycles. The quantitative estimate of drug-likeness (QED) is 0.448. The number of aromatic nitrogens is 1. The summed E-state index contributed by atoms with van der Waals surface area (Å²) in [5.74, 6) is -1.29. The van der Waals surface area contributed by atoms with E-state index in [4.69, 9.17) is 4.42 Å². The molecule has 4 rings (SSSR count). The average molecular weight is 541 g/mol. The lowest BCUT2D eigenvalue weighted by molar-refractivity contribution is -0.130. The van der Waals surface area contributed by atoms with Crippen molar-refractivity contribution < 1.29 is 27.2 Å². The Balaban J connectivity index is 1.47. The van der Waals surface area contributed by atoms with Gasteiger partial charge in [-0.2, -0.15) is 4.31 Å². The number of para-hydroxylation sites is 1. The summed E-state index contributed by atoms with van der Waals surface area (Å²) in [5.41, 5.74) is 0.561. The number of sulfonamides is 1. The average Bonchev–Trinajstić information content (AvgIpc) is 3.28. The molecular weight excluding hydrogens is 508 g/mol. The molecule has 0 bridgehead atoms. The van der Waals surface area contributed by atoms with E-state index in [0.29, 0.717) is 18.4 Å². The molecular formula is C27H32N4O6S. The summed E-state index contributed by atoms with van der Waals surface area (Å²) in [6.45, 7) is 5.48. The predicted octanol–water partition coefficient (Wildman–Crippen LogP) is 2.90. The van der Waals surface area contributed by atoms with Crippen LogP contribution in [0, 0.1) is 5.92 Å². The maximum atomic E-state index is 13.3. The second-order valence-corrected chi connectivity index (χ2v) is 11.7. The van der Waals surface area contributed by atoms with Gasteiger partial charge in [-0.3, -0.25) is 14.4 Å². The summed E-state index contributed by atoms with van der Waals surface area (Å²) in [5, 5.41) is 6.15. The molecule has 0 unspecified atom stereocenters. The van der Waals surface area contributed by atoms with Crippen LogP contribution in [0.25, 0.3) is 11.0 Å². The number of benzene rings is 1. The first-order valence-corrected chi connectivity index (χ1v) is 14.1. The highest BCUT2D eigenvalue weighted by molar-refractivity contribution is 7.89. The van der Waals surface area contributed by atoms with Gasteiger partial charge < -0.3 is 15.1 Å². The van der Waals surface area contributed by atoms with Gasteiger partial charge in [0, 0.05) is 18.1 Å². The fourth-order valence-electron chi connectivity index (χ4n) is 4.61. The van der Waals surface area contributed by atoms with Crippen LogP contribution in [-0.2, 0) is 19.6 Å². The van der Waals surface area contributed by atoms with E-state index < -0.39 is 45.7 Å². The smallest absolute Gasteiger partial charge is 0.287 e. The standard InChI is InChI=1S/C27H32N4O6S/c1-17(2)15-21(30-27(34)23-16-19-9-4-5-11-22(19)37-23)26(33)29-20-10-8-14-31(18(3)25(20)32)38(35,36)24-12-6-7-13-28-24/h4-7,9,11-13,16-18,20-21H,8,10,14-15H2,1-3H3,(H,29,33)(H,30,34)/t18-,20-,21-/m0/s1. The Morgan fingerprint density at radius 2 is 1.89 bits per heavy atom. The highest BCUT2D eigenvalue weighted by Gasteiger charge is 2.40. The van der Waals surface area contributed by atoms with Crippen molar-refractivity contribution in [2.45, 2.75) is 63.2 Å². The van der Waals surface area contributed by atoms with Crippen molar-refractivity contribution in [1.82, 2.24) is 19.9 Å². The molecule has 1 aromatic carbocycles. The number of amides is 2. The Hall–Kier alpha value is -3.57. The molecule has 1 fully saturated rings. The van der Waals surface area contributed by atoms with Gasteiger partial charge in [0.15, 0.2) is 16.6 Å². The number of hydrogen-bond acceptors (Lipinski definition) is 7. The number of Topliss-reactive ketones (excluding diaryl/α,β-unsaturated/α-hetero) is 1. The van der Waals surface area contributed by atoms with Crippen LogP contribution in [0.4, 0.5) is 0 Å². The third-order valence-electron chi connectivity index (χ3n) is 6.56. The number of carbonyl (C=O) groups is 3. The Morgan fingerprint density at radius 1 is 1.16 bits per heavy atom. The van der Waals surface area contributed by atoms with Crippen LogP contribution in [-0.4, -0.2) is 60.0 Å². The number of carbonyl (C=O) groups excluding carboxylic acids is 3. The lowest BCUT2D eigenvalue weighted by atomic mass is 10.00. The number of rotatable bonds is 8. The first kappa shape index (κ1) is 27.5. The van der Waals surface area contributed by atoms with Crippen molar-refractivity contribution in [1.29, 1.82) is 0 Å². The molecule has 0 spiro atoms. The Labute approximate surface area is 221 Å². The summed E-state index contributed by atoms with van der Waals surface area (Å²) in [6.07, 6.45) is 2.37. The van der Waals surface area contributed by atoms with Gasteiger partial charge in [0.05, 0.1) is 12.1 Å². The highest BCUT2D eigenvalue weighted by atomic mass is 32.2. The van der Waals surface area contributed by atoms with E-state index in [0.717, 1.165) is 9.69 Å². The minimum absolute atomic E-state index is 0.0736. The number of pyridine rings is 1. The molecule has 1 saturated heterocycles. The molecule has 3 atom stereocenters. The summed E-state index contributed by atoms with van der Waals surface area (Å²) in [6, 6.07) is 10.6. The first-order valence-electron chi connectivity index (χ1n) is 12.6. The largest absolute Gasteiger partial charge is 0.451 e. The number of furan rings is 1. The maximum absolute atomic E-state index is 13.3. The Bertz CT molecular complexity index is 1390. The molecule has 3 heterocycles. The summed E-state index contributed by atoms with van der Waals surface area (Å²) in [7, 11) is -3.99. The third-order valence-corrected chi connectivity index (χ3v) is 8.45. The van der Waals surface area contributed by atoms with Gasteiger partial charge in [-0.1, -0.05) is 38.1 Å². The van der Waals surface area contributed by atoms with Crippen LogP contribution in [0.2, 0.25) is 0 Å². The van der Waals surface area contributed by atoms with Crippen molar-refractivity contribution >= 4 is 38.6 Å². The second kappa shape index (κ2) is 11.4. The van der Waals surface area contributed by atoms with E-state index >= 15 is 0 Å². The summed E-state index contributed by atoms with van der Waals surface area (Å²) in [4.78, 5) is 43.5. The molecule has 38 heavy (non-hydrogen) atoms. The van der Waals surface area contributed by atoms with Gasteiger partial charge >= 0.3 is 0 Å². The van der Waals surface area contributed by atoms with Gasteiger partial charge in [-0.05, 0) is 56.4 Å². The molecule has 2 aromatic heterocycles. The van der Waals surface area contributed by atoms with E-state index in [9.17, 15) is 22.8 Å². The molecule has 11 heteroatoms. The van der Waals surface area contributed by atoms with Gasteiger partial charge in [-0.25, -0.2) is 13.4 Å². The summed E-state index contributed by atoms with van der Waals surface area (Å²) >= 11 is 0. The Kier molecular flexibility index (Phi) is 8.27. The topological polar surface area (TPSA) is 139 Å². The van der Waals surface area contributed by atoms with Crippen LogP contribution >= 0.6 is 0 Å². The van der Waals surface area contributed by atoms with Crippen LogP contribution < -0.4 is 10.6 Å². The molecule has 2 N–H and O–H groups in total. The zero-order valence-corrected chi connectivity index (χ0v) is 22.4. The zero-order valence-electron chi connectivity index (χ0n) is 21.6. The van der Waals surface area contributed by atoms with Crippen LogP contribution in [0.5, 0.6) is 0 Å². The van der Waals surface area contributed by atoms with E-state index in [-0.39, 0.29) is 29.7 Å². The molecule has 10 nitrogen and oxygen atoms in total. The van der Waals surface area contributed by atoms with E-state index in [1.165, 1.54) is 19.2 Å². The maximum Gasteiger partial charge on any atom is 0.287 e. The fraction of sp³-hybridized carbons (Fsp3) is 0.407. The van der Waals surface area contributed by atoms with Crippen molar-refractivity contribution in [3.05, 3.63) is 60.5 Å². The van der Waals surface area contributed by atoms with Crippen molar-refractivity contribution in [3.8, 4) is 0 Å². The van der Waals surface area contributed by atoms with E-state index in [1.807, 2.05) is 26.0 Å². The molecule has 1 aliphatic rings. The first-order chi connectivity index (χ1) is 18.1. The third kappa shape index (κ3) is 5.94. The normalized spacial score (nSPS) is 19.7. The monoisotopic (exact) mass is 540 g/mol. The predicted molar refractivity (Wildman–Crippen MR) is 141 cm³/mol. The lowest BCUT2D eigenvalue weighted by Crippen LogP contribution is -2.54. The molecule has 3 aromatic rings. The molecule has 0 aliphatic carbocycles. The van der Waals surface area contributed by atoms with Gasteiger partial charge in [0.1, 0.15) is 11.6 Å². The van der Waals surface area contributed by atoms with E-state index in [2.05, 4.69) is 15.6 Å². The van der Waals surface area contributed by atoms with Crippen LogP contribution in [0.3, 0.4) is 0 Å². The molecule has 202 valence electrons. The van der Waals surface area contributed by atoms with E-state index in [1.54, 1.807) is 30.3 Å². The SMILES string of the molecule is CC(C)C[C@H](NC(=O)c1cc2ccccc2o1)C(=O)N[C@H]1CCCN(S(=O)(=O)c2ccccn2)[C@@H](C)C1=O. The molecule has 0 radical (unpaired) electrons. The molecule has 0 saturated carbocycles. The fourth-order valence-corrected chi connectivity index (χ4v) is 6.18. The van der Waals surface area contributed by atoms with Crippen molar-refractivity contribution in [3.63, 3.8) is 0 Å². The number of fused-ring (bicyclic) bond motifs is 1. The minimum atomic E-state index is -3.99. The number of nitrogens with one attached hydrogen (secondary N) is 2. The van der Waals surface area contributed by atoms with Gasteiger partial charge in [0.25, 0.3) is 15.9 Å². The Morgan fingerprint density at radius 3 is 2.58 bits per heavy atom. The van der Waals surface area contributed by atoms with Crippen molar-refractivity contribution in [2.24, 2.45) is 5.92 Å². The van der Waals surface area contributed by atoms with Gasteiger partial charge in [-0.15, -0.1) is 0 Å². The molecule has 2 amide bonds. The lowest BCUT2D eigenvalue weighted by Gasteiger charge is -2.27. The van der Waals surface area contributed by atoms with Crippen molar-refractivity contribution in [2.75, 3.05) is 6.54 Å². The zero-order chi connectivity index (χ0) is 27.4. The van der Waals surface area contributed by atoms with Gasteiger partial charge in [0.2, 0.25) is 5.91 Å². The minimum Gasteiger partial charge on any atom is -0.451 e. The van der Waals surface area contributed by atoms with Crippen LogP contribution in [0.15, 0.2) is 64.2 Å². The highest BCUT2D eigenvalue weighted by Crippen LogP contribution is 2.23. The summed E-state index contributed by atoms with van der Waals surface area (Å²) < 4.78 is 33.1. The van der Waals surface area contributed by atoms with Crippen LogP contribution in [0.1, 0.15) is 50.6 Å².